The van der Waals surface area contributed by atoms with Crippen LogP contribution in [0.25, 0.3) is 0 Å². The molecule has 0 bridgehead atoms. The van der Waals surface area contributed by atoms with E-state index in [0.29, 0.717) is 0 Å². The maximum atomic E-state index is 4.93. The maximum Gasteiger partial charge on any atom is 0.0587 e. The van der Waals surface area contributed by atoms with Crippen molar-refractivity contribution in [1.29, 1.82) is 0 Å². The van der Waals surface area contributed by atoms with E-state index in [4.69, 9.17) is 4.74 Å². The number of rotatable bonds is 9. The third-order valence-electron chi connectivity index (χ3n) is 1.75. The molecular formula is C10H23NOS. The Kier molecular flexibility index (Phi) is 10.6. The summed E-state index contributed by atoms with van der Waals surface area (Å²) in [5.41, 5.74) is 0. The van der Waals surface area contributed by atoms with E-state index >= 15 is 0 Å². The highest BCUT2D eigenvalue weighted by Crippen LogP contribution is 2.07. The molecule has 0 radical (unpaired) electrons. The molecule has 0 aliphatic heterocycles. The second-order valence-corrected chi connectivity index (χ2v) is 4.76. The summed E-state index contributed by atoms with van der Waals surface area (Å²) in [7, 11) is 1.74. The first-order valence-corrected chi connectivity index (χ1v) is 6.20. The van der Waals surface area contributed by atoms with Gasteiger partial charge in [0.15, 0.2) is 0 Å². The Hall–Kier alpha value is 0.270. The molecule has 1 N–H and O–H groups in total. The molecular weight excluding hydrogens is 182 g/mol. The SMILES string of the molecule is COCCNCCSCCC(C)C. The Morgan fingerprint density at radius 1 is 1.23 bits per heavy atom. The van der Waals surface area contributed by atoms with Gasteiger partial charge < -0.3 is 10.1 Å². The molecule has 0 atom stereocenters. The molecule has 3 heteroatoms. The van der Waals surface area contributed by atoms with Crippen molar-refractivity contribution >= 4 is 11.8 Å². The number of ether oxygens (including phenoxy) is 1. The molecule has 2 nitrogen and oxygen atoms in total. The highest BCUT2D eigenvalue weighted by atomic mass is 32.2. The zero-order valence-electron chi connectivity index (χ0n) is 9.14. The molecule has 0 saturated carbocycles. The maximum absolute atomic E-state index is 4.93. The van der Waals surface area contributed by atoms with Gasteiger partial charge in [0.25, 0.3) is 0 Å². The lowest BCUT2D eigenvalue weighted by atomic mass is 10.2. The minimum Gasteiger partial charge on any atom is -0.383 e. The van der Waals surface area contributed by atoms with Crippen LogP contribution in [0.3, 0.4) is 0 Å². The monoisotopic (exact) mass is 205 g/mol. The Bertz CT molecular complexity index is 98.9. The van der Waals surface area contributed by atoms with Crippen molar-refractivity contribution in [1.82, 2.24) is 5.32 Å². The number of nitrogens with one attached hydrogen (secondary N) is 1. The van der Waals surface area contributed by atoms with E-state index in [-0.39, 0.29) is 0 Å². The molecule has 0 aromatic heterocycles. The van der Waals surface area contributed by atoms with Crippen molar-refractivity contribution in [3.8, 4) is 0 Å². The summed E-state index contributed by atoms with van der Waals surface area (Å²) in [6.07, 6.45) is 1.34. The van der Waals surface area contributed by atoms with Gasteiger partial charge in [-0.15, -0.1) is 0 Å². The summed E-state index contributed by atoms with van der Waals surface area (Å²) in [6, 6.07) is 0. The minimum absolute atomic E-state index is 0.816. The van der Waals surface area contributed by atoms with Gasteiger partial charge in [0.2, 0.25) is 0 Å². The van der Waals surface area contributed by atoms with E-state index < -0.39 is 0 Å². The van der Waals surface area contributed by atoms with E-state index in [1.54, 1.807) is 7.11 Å². The van der Waals surface area contributed by atoms with Gasteiger partial charge in [0.05, 0.1) is 6.61 Å². The molecule has 13 heavy (non-hydrogen) atoms. The van der Waals surface area contributed by atoms with Gasteiger partial charge in [-0.1, -0.05) is 13.8 Å². The van der Waals surface area contributed by atoms with Crippen molar-refractivity contribution in [3.63, 3.8) is 0 Å². The third-order valence-corrected chi connectivity index (χ3v) is 2.76. The Labute approximate surface area is 86.8 Å². The van der Waals surface area contributed by atoms with Crippen LogP contribution < -0.4 is 5.32 Å². The summed E-state index contributed by atoms with van der Waals surface area (Å²) in [6.45, 7) is 7.44. The topological polar surface area (TPSA) is 21.3 Å². The lowest BCUT2D eigenvalue weighted by Gasteiger charge is -2.05. The quantitative estimate of drug-likeness (QED) is 0.582. The van der Waals surface area contributed by atoms with Gasteiger partial charge >= 0.3 is 0 Å². The average Bonchev–Trinajstić information content (AvgIpc) is 2.09. The largest absolute Gasteiger partial charge is 0.383 e. The lowest BCUT2D eigenvalue weighted by Crippen LogP contribution is -2.21. The molecule has 0 saturated heterocycles. The predicted octanol–water partition coefficient (Wildman–Crippen LogP) is 2.00. The zero-order valence-corrected chi connectivity index (χ0v) is 9.95. The van der Waals surface area contributed by atoms with Gasteiger partial charge in [-0.05, 0) is 18.1 Å². The van der Waals surface area contributed by atoms with Crippen molar-refractivity contribution in [2.24, 2.45) is 5.92 Å². The fraction of sp³-hybridized carbons (Fsp3) is 1.00. The van der Waals surface area contributed by atoms with Gasteiger partial charge in [-0.2, -0.15) is 11.8 Å². The molecule has 0 fully saturated rings. The first kappa shape index (κ1) is 13.3. The molecule has 0 amide bonds. The van der Waals surface area contributed by atoms with E-state index in [1.807, 2.05) is 11.8 Å². The van der Waals surface area contributed by atoms with E-state index in [1.165, 1.54) is 17.9 Å². The Balaban J connectivity index is 2.84. The first-order valence-electron chi connectivity index (χ1n) is 5.04. The van der Waals surface area contributed by atoms with Crippen LogP contribution in [-0.4, -0.2) is 38.3 Å². The van der Waals surface area contributed by atoms with Crippen LogP contribution in [0, 0.1) is 5.92 Å². The van der Waals surface area contributed by atoms with Crippen LogP contribution in [0.2, 0.25) is 0 Å². The van der Waals surface area contributed by atoms with Gasteiger partial charge in [0.1, 0.15) is 0 Å². The smallest absolute Gasteiger partial charge is 0.0587 e. The van der Waals surface area contributed by atoms with Gasteiger partial charge in [-0.3, -0.25) is 0 Å². The van der Waals surface area contributed by atoms with Crippen LogP contribution in [-0.2, 0) is 4.74 Å². The fourth-order valence-electron chi connectivity index (χ4n) is 0.865. The van der Waals surface area contributed by atoms with Crippen LogP contribution in [0.15, 0.2) is 0 Å². The van der Waals surface area contributed by atoms with E-state index in [9.17, 15) is 0 Å². The second-order valence-electron chi connectivity index (χ2n) is 3.54. The standard InChI is InChI=1S/C10H23NOS/c1-10(2)4-8-13-9-6-11-5-7-12-3/h10-11H,4-9H2,1-3H3. The summed E-state index contributed by atoms with van der Waals surface area (Å²) in [5.74, 6) is 3.36. The number of thioether (sulfide) groups is 1. The summed E-state index contributed by atoms with van der Waals surface area (Å²) >= 11 is 2.04. The van der Waals surface area contributed by atoms with Crippen molar-refractivity contribution in [3.05, 3.63) is 0 Å². The third kappa shape index (κ3) is 12.3. The number of hydrogen-bond acceptors (Lipinski definition) is 3. The van der Waals surface area contributed by atoms with Gasteiger partial charge in [-0.25, -0.2) is 0 Å². The molecule has 0 aliphatic rings. The summed E-state index contributed by atoms with van der Waals surface area (Å²) in [5, 5.41) is 3.33. The van der Waals surface area contributed by atoms with Crippen molar-refractivity contribution in [2.45, 2.75) is 20.3 Å². The first-order chi connectivity index (χ1) is 6.27. The second kappa shape index (κ2) is 10.4. The Morgan fingerprint density at radius 2 is 2.00 bits per heavy atom. The minimum atomic E-state index is 0.816. The van der Waals surface area contributed by atoms with E-state index in [0.717, 1.165) is 25.6 Å². The summed E-state index contributed by atoms with van der Waals surface area (Å²) < 4.78 is 4.93. The van der Waals surface area contributed by atoms with Crippen LogP contribution in [0.5, 0.6) is 0 Å². The molecule has 80 valence electrons. The van der Waals surface area contributed by atoms with Crippen LogP contribution >= 0.6 is 11.8 Å². The molecule has 0 unspecified atom stereocenters. The van der Waals surface area contributed by atoms with Gasteiger partial charge in [0, 0.05) is 26.0 Å². The summed E-state index contributed by atoms with van der Waals surface area (Å²) in [4.78, 5) is 0. The van der Waals surface area contributed by atoms with Crippen LogP contribution in [0.4, 0.5) is 0 Å². The average molecular weight is 205 g/mol. The highest BCUT2D eigenvalue weighted by molar-refractivity contribution is 7.99. The Morgan fingerprint density at radius 3 is 2.62 bits per heavy atom. The van der Waals surface area contributed by atoms with E-state index in [2.05, 4.69) is 19.2 Å². The fourth-order valence-corrected chi connectivity index (χ4v) is 2.00. The predicted molar refractivity (Wildman–Crippen MR) is 61.5 cm³/mol. The molecule has 0 rings (SSSR count). The lowest BCUT2D eigenvalue weighted by molar-refractivity contribution is 0.200. The zero-order chi connectivity index (χ0) is 9.94. The molecule has 0 aromatic rings. The molecule has 0 aliphatic carbocycles. The number of hydrogen-bond donors (Lipinski definition) is 1. The molecule has 0 aromatic carbocycles. The molecule has 0 heterocycles. The normalized spacial score (nSPS) is 11.1. The number of methoxy groups -OCH3 is 1. The highest BCUT2D eigenvalue weighted by Gasteiger charge is 1.93. The van der Waals surface area contributed by atoms with Crippen molar-refractivity contribution < 1.29 is 4.74 Å². The van der Waals surface area contributed by atoms with Crippen LogP contribution in [0.1, 0.15) is 20.3 Å². The molecule has 0 spiro atoms. The van der Waals surface area contributed by atoms with Crippen molar-refractivity contribution in [2.75, 3.05) is 38.3 Å².